The van der Waals surface area contributed by atoms with Crippen LogP contribution in [0, 0.1) is 13.8 Å². The first-order valence-electron chi connectivity index (χ1n) is 7.41. The van der Waals surface area contributed by atoms with Crippen LogP contribution < -0.4 is 5.32 Å². The molecule has 0 saturated carbocycles. The maximum absolute atomic E-state index is 12.4. The van der Waals surface area contributed by atoms with E-state index in [4.69, 9.17) is 0 Å². The van der Waals surface area contributed by atoms with Gasteiger partial charge in [0.2, 0.25) is 0 Å². The van der Waals surface area contributed by atoms with Gasteiger partial charge in [-0.1, -0.05) is 11.8 Å². The van der Waals surface area contributed by atoms with Crippen LogP contribution in [-0.2, 0) is 13.1 Å². The maximum Gasteiger partial charge on any atom is 0.270 e. The van der Waals surface area contributed by atoms with E-state index in [2.05, 4.69) is 25.0 Å². The largest absolute Gasteiger partial charge is 0.345 e. The number of nitrogens with zero attached hydrogens (tertiary/aromatic N) is 5. The fourth-order valence-corrected chi connectivity index (χ4v) is 3.63. The molecule has 0 spiro atoms. The van der Waals surface area contributed by atoms with E-state index in [1.54, 1.807) is 22.3 Å². The first-order chi connectivity index (χ1) is 11.1. The maximum atomic E-state index is 12.4. The molecule has 4 rings (SSSR count). The van der Waals surface area contributed by atoms with E-state index in [0.717, 1.165) is 34.5 Å². The smallest absolute Gasteiger partial charge is 0.270 e. The van der Waals surface area contributed by atoms with Crippen LogP contribution in [0.5, 0.6) is 0 Å². The Morgan fingerprint density at radius 3 is 3.04 bits per heavy atom. The summed E-state index contributed by atoms with van der Waals surface area (Å²) in [6.07, 6.45) is 2.00. The number of aryl methyl sites for hydroxylation is 3. The lowest BCUT2D eigenvalue weighted by atomic mass is 10.3. The molecule has 3 aromatic heterocycles. The number of thioether (sulfide) groups is 1. The zero-order chi connectivity index (χ0) is 16.0. The Balaban J connectivity index is 1.52. The van der Waals surface area contributed by atoms with Gasteiger partial charge >= 0.3 is 0 Å². The molecule has 1 amide bonds. The first kappa shape index (κ1) is 14.3. The number of amides is 1. The van der Waals surface area contributed by atoms with Crippen molar-refractivity contribution in [2.75, 3.05) is 5.75 Å². The Labute approximate surface area is 137 Å². The van der Waals surface area contributed by atoms with Crippen molar-refractivity contribution in [3.05, 3.63) is 41.1 Å². The summed E-state index contributed by atoms with van der Waals surface area (Å²) in [5.74, 6) is 0.874. The van der Waals surface area contributed by atoms with E-state index < -0.39 is 0 Å². The van der Waals surface area contributed by atoms with Crippen molar-refractivity contribution in [3.63, 3.8) is 0 Å². The number of hydrogen-bond donors (Lipinski definition) is 1. The zero-order valence-electron chi connectivity index (χ0n) is 12.9. The Hall–Kier alpha value is -2.35. The van der Waals surface area contributed by atoms with Gasteiger partial charge in [0.15, 0.2) is 10.8 Å². The van der Waals surface area contributed by atoms with Crippen LogP contribution in [0.2, 0.25) is 0 Å². The highest BCUT2D eigenvalue weighted by Gasteiger charge is 2.16. The van der Waals surface area contributed by atoms with E-state index in [-0.39, 0.29) is 5.91 Å². The molecular formula is C15H16N6OS. The lowest BCUT2D eigenvalue weighted by molar-refractivity contribution is 0.0945. The SMILES string of the molecule is Cc1cc2nc(C(=O)NCc3cn4c(n3)SCC4)cc(C)n2n1. The minimum atomic E-state index is -0.199. The Morgan fingerprint density at radius 1 is 1.35 bits per heavy atom. The molecule has 0 bridgehead atoms. The number of nitrogens with one attached hydrogen (secondary N) is 1. The highest BCUT2D eigenvalue weighted by Crippen LogP contribution is 2.24. The van der Waals surface area contributed by atoms with Gasteiger partial charge in [0.05, 0.1) is 17.9 Å². The Bertz CT molecular complexity index is 891. The summed E-state index contributed by atoms with van der Waals surface area (Å²) in [5, 5.41) is 8.26. The highest BCUT2D eigenvalue weighted by molar-refractivity contribution is 7.99. The molecule has 0 saturated heterocycles. The van der Waals surface area contributed by atoms with E-state index in [0.29, 0.717) is 17.9 Å². The number of carbonyl (C=O) groups is 1. The monoisotopic (exact) mass is 328 g/mol. The molecule has 0 unspecified atom stereocenters. The van der Waals surface area contributed by atoms with Crippen molar-refractivity contribution in [2.45, 2.75) is 32.1 Å². The quantitative estimate of drug-likeness (QED) is 0.790. The lowest BCUT2D eigenvalue weighted by Crippen LogP contribution is -2.24. The fraction of sp³-hybridized carbons (Fsp3) is 0.333. The number of fused-ring (bicyclic) bond motifs is 2. The normalized spacial score (nSPS) is 13.5. The first-order valence-corrected chi connectivity index (χ1v) is 8.40. The van der Waals surface area contributed by atoms with Gasteiger partial charge in [-0.05, 0) is 19.9 Å². The van der Waals surface area contributed by atoms with Gasteiger partial charge in [-0.3, -0.25) is 4.79 Å². The predicted octanol–water partition coefficient (Wildman–Crippen LogP) is 1.58. The summed E-state index contributed by atoms with van der Waals surface area (Å²) in [4.78, 5) is 21.2. The topological polar surface area (TPSA) is 77.1 Å². The molecule has 23 heavy (non-hydrogen) atoms. The van der Waals surface area contributed by atoms with E-state index >= 15 is 0 Å². The van der Waals surface area contributed by atoms with Crippen LogP contribution in [0.15, 0.2) is 23.5 Å². The van der Waals surface area contributed by atoms with Gasteiger partial charge < -0.3 is 9.88 Å². The third-order valence-electron chi connectivity index (χ3n) is 3.74. The summed E-state index contributed by atoms with van der Waals surface area (Å²) in [7, 11) is 0. The molecule has 0 atom stereocenters. The van der Waals surface area contributed by atoms with Crippen LogP contribution in [0.4, 0.5) is 0 Å². The third-order valence-corrected chi connectivity index (χ3v) is 4.71. The standard InChI is InChI=1S/C15H16N6OS/c1-9-5-13-18-12(6-10(2)21(13)19-9)14(22)16-7-11-8-20-3-4-23-15(20)17-11/h5-6,8H,3-4,7H2,1-2H3,(H,16,22). The number of hydrogen-bond acceptors (Lipinski definition) is 5. The summed E-state index contributed by atoms with van der Waals surface area (Å²) >= 11 is 1.74. The molecule has 4 heterocycles. The molecule has 1 aliphatic rings. The molecule has 1 N–H and O–H groups in total. The van der Waals surface area contributed by atoms with Crippen LogP contribution >= 0.6 is 11.8 Å². The van der Waals surface area contributed by atoms with Crippen LogP contribution in [0.25, 0.3) is 5.65 Å². The zero-order valence-corrected chi connectivity index (χ0v) is 13.7. The van der Waals surface area contributed by atoms with Crippen molar-refractivity contribution >= 4 is 23.3 Å². The molecule has 0 fully saturated rings. The number of rotatable bonds is 3. The molecular weight excluding hydrogens is 312 g/mol. The van der Waals surface area contributed by atoms with Gasteiger partial charge in [-0.25, -0.2) is 14.5 Å². The minimum absolute atomic E-state index is 0.199. The highest BCUT2D eigenvalue weighted by atomic mass is 32.2. The van der Waals surface area contributed by atoms with E-state index in [1.165, 1.54) is 0 Å². The second-order valence-corrected chi connectivity index (χ2v) is 6.64. The molecule has 3 aromatic rings. The number of imidazole rings is 1. The van der Waals surface area contributed by atoms with Crippen LogP contribution in [-0.4, -0.2) is 35.8 Å². The lowest BCUT2D eigenvalue weighted by Gasteiger charge is -2.05. The Kier molecular flexibility index (Phi) is 3.33. The number of aromatic nitrogens is 5. The summed E-state index contributed by atoms with van der Waals surface area (Å²) in [6.45, 7) is 5.21. The van der Waals surface area contributed by atoms with Gasteiger partial charge in [-0.15, -0.1) is 0 Å². The molecule has 1 aliphatic heterocycles. The summed E-state index contributed by atoms with van der Waals surface area (Å²) in [6, 6.07) is 3.61. The van der Waals surface area contributed by atoms with Crippen molar-refractivity contribution < 1.29 is 4.79 Å². The van der Waals surface area contributed by atoms with Crippen LogP contribution in [0.3, 0.4) is 0 Å². The van der Waals surface area contributed by atoms with Gasteiger partial charge in [0.25, 0.3) is 5.91 Å². The van der Waals surface area contributed by atoms with Gasteiger partial charge in [0, 0.05) is 30.3 Å². The second-order valence-electron chi connectivity index (χ2n) is 5.58. The van der Waals surface area contributed by atoms with Gasteiger partial charge in [-0.2, -0.15) is 5.10 Å². The molecule has 0 aliphatic carbocycles. The average Bonchev–Trinajstić information content (AvgIpc) is 3.17. The van der Waals surface area contributed by atoms with Crippen molar-refractivity contribution in [2.24, 2.45) is 0 Å². The number of carbonyl (C=O) groups excluding carboxylic acids is 1. The Morgan fingerprint density at radius 2 is 2.22 bits per heavy atom. The molecule has 118 valence electrons. The van der Waals surface area contributed by atoms with E-state index in [1.807, 2.05) is 26.1 Å². The summed E-state index contributed by atoms with van der Waals surface area (Å²) < 4.78 is 3.86. The molecule has 0 radical (unpaired) electrons. The fourth-order valence-electron chi connectivity index (χ4n) is 2.66. The minimum Gasteiger partial charge on any atom is -0.345 e. The molecule has 7 nitrogen and oxygen atoms in total. The molecule has 8 heteroatoms. The van der Waals surface area contributed by atoms with Crippen molar-refractivity contribution in [3.8, 4) is 0 Å². The van der Waals surface area contributed by atoms with Crippen molar-refractivity contribution in [1.29, 1.82) is 0 Å². The predicted molar refractivity (Wildman–Crippen MR) is 86.6 cm³/mol. The third kappa shape index (κ3) is 2.59. The molecule has 0 aromatic carbocycles. The van der Waals surface area contributed by atoms with E-state index in [9.17, 15) is 4.79 Å². The average molecular weight is 328 g/mol. The van der Waals surface area contributed by atoms with Gasteiger partial charge in [0.1, 0.15) is 5.69 Å². The second kappa shape index (κ2) is 5.38. The summed E-state index contributed by atoms with van der Waals surface area (Å²) in [5.41, 5.74) is 3.72. The van der Waals surface area contributed by atoms with Crippen LogP contribution in [0.1, 0.15) is 27.6 Å². The van der Waals surface area contributed by atoms with Crippen molar-refractivity contribution in [1.82, 2.24) is 29.5 Å².